The summed E-state index contributed by atoms with van der Waals surface area (Å²) in [5.41, 5.74) is 4.79. The fourth-order valence-corrected chi connectivity index (χ4v) is 2.81. The molecular weight excluding hydrogens is 302 g/mol. The van der Waals surface area contributed by atoms with Crippen LogP contribution >= 0.6 is 15.9 Å². The Morgan fingerprint density at radius 3 is 2.37 bits per heavy atom. The monoisotopic (exact) mass is 321 g/mol. The van der Waals surface area contributed by atoms with E-state index in [1.807, 2.05) is 11.7 Å². The maximum atomic E-state index is 4.50. The Bertz CT molecular complexity index is 543. The van der Waals surface area contributed by atoms with Gasteiger partial charge < -0.3 is 5.32 Å². The van der Waals surface area contributed by atoms with E-state index in [-0.39, 0.29) is 0 Å². The van der Waals surface area contributed by atoms with Crippen LogP contribution in [0.15, 0.2) is 28.7 Å². The third kappa shape index (κ3) is 3.18. The Hall–Kier alpha value is -1.29. The molecule has 0 saturated heterocycles. The van der Waals surface area contributed by atoms with Crippen molar-refractivity contribution in [2.24, 2.45) is 7.05 Å². The molecule has 0 spiro atoms. The predicted octanol–water partition coefficient (Wildman–Crippen LogP) is 3.92. The molecule has 102 valence electrons. The van der Waals surface area contributed by atoms with Crippen molar-refractivity contribution in [3.63, 3.8) is 0 Å². The Kier molecular flexibility index (Phi) is 4.64. The lowest BCUT2D eigenvalue weighted by atomic mass is 10.1. The zero-order chi connectivity index (χ0) is 13.8. The van der Waals surface area contributed by atoms with Crippen LogP contribution in [0, 0.1) is 0 Å². The summed E-state index contributed by atoms with van der Waals surface area (Å²) in [6.45, 7) is 5.06. The molecule has 0 amide bonds. The predicted molar refractivity (Wildman–Crippen MR) is 83.4 cm³/mol. The minimum absolute atomic E-state index is 0.773. The van der Waals surface area contributed by atoms with Crippen LogP contribution in [0.5, 0.6) is 0 Å². The Labute approximate surface area is 123 Å². The maximum Gasteiger partial charge on any atom is 0.0767 e. The first kappa shape index (κ1) is 14.1. The van der Waals surface area contributed by atoms with Crippen molar-refractivity contribution in [3.8, 4) is 0 Å². The molecule has 1 aromatic carbocycles. The van der Waals surface area contributed by atoms with E-state index < -0.39 is 0 Å². The molecule has 1 aromatic heterocycles. The van der Waals surface area contributed by atoms with Crippen LogP contribution in [0.4, 0.5) is 5.69 Å². The molecule has 0 bridgehead atoms. The van der Waals surface area contributed by atoms with E-state index in [0.29, 0.717) is 0 Å². The van der Waals surface area contributed by atoms with Crippen LogP contribution in [-0.2, 0) is 26.4 Å². The number of hydrogen-bond donors (Lipinski definition) is 1. The van der Waals surface area contributed by atoms with Crippen LogP contribution < -0.4 is 5.32 Å². The lowest BCUT2D eigenvalue weighted by molar-refractivity contribution is 0.706. The van der Waals surface area contributed by atoms with Gasteiger partial charge in [0.15, 0.2) is 0 Å². The minimum Gasteiger partial charge on any atom is -0.379 e. The molecule has 1 heterocycles. The van der Waals surface area contributed by atoms with Crippen LogP contribution in [0.2, 0.25) is 0 Å². The summed E-state index contributed by atoms with van der Waals surface area (Å²) < 4.78 is 3.06. The fourth-order valence-electron chi connectivity index (χ4n) is 2.06. The third-order valence-corrected chi connectivity index (χ3v) is 4.24. The summed E-state index contributed by atoms with van der Waals surface area (Å²) in [7, 11) is 1.99. The highest BCUT2D eigenvalue weighted by molar-refractivity contribution is 9.10. The second-order valence-electron chi connectivity index (χ2n) is 4.59. The zero-order valence-corrected chi connectivity index (χ0v) is 13.3. The molecule has 0 unspecified atom stereocenters. The molecule has 0 saturated carbocycles. The molecular formula is C15H20BrN3. The van der Waals surface area contributed by atoms with E-state index in [1.165, 1.54) is 11.3 Å². The lowest BCUT2D eigenvalue weighted by Crippen LogP contribution is -2.06. The van der Waals surface area contributed by atoms with E-state index in [9.17, 15) is 0 Å². The lowest BCUT2D eigenvalue weighted by Gasteiger charge is -2.08. The van der Waals surface area contributed by atoms with Gasteiger partial charge in [-0.25, -0.2) is 0 Å². The SMILES string of the molecule is CCc1ccc(NCc2c(Br)c(CC)nn2C)cc1. The second kappa shape index (κ2) is 6.24. The molecule has 2 aromatic rings. The smallest absolute Gasteiger partial charge is 0.0767 e. The number of rotatable bonds is 5. The second-order valence-corrected chi connectivity index (χ2v) is 5.38. The summed E-state index contributed by atoms with van der Waals surface area (Å²) in [6.07, 6.45) is 2.02. The average Bonchev–Trinajstić information content (AvgIpc) is 2.72. The van der Waals surface area contributed by atoms with Gasteiger partial charge in [0.25, 0.3) is 0 Å². The number of benzene rings is 1. The molecule has 3 nitrogen and oxygen atoms in total. The molecule has 0 aliphatic heterocycles. The van der Waals surface area contributed by atoms with Crippen molar-refractivity contribution in [2.75, 3.05) is 5.32 Å². The van der Waals surface area contributed by atoms with Crippen LogP contribution in [0.25, 0.3) is 0 Å². The highest BCUT2D eigenvalue weighted by Crippen LogP contribution is 2.22. The Morgan fingerprint density at radius 2 is 1.84 bits per heavy atom. The first-order valence-electron chi connectivity index (χ1n) is 6.68. The van der Waals surface area contributed by atoms with E-state index in [1.54, 1.807) is 0 Å². The highest BCUT2D eigenvalue weighted by atomic mass is 79.9. The first-order chi connectivity index (χ1) is 9.15. The van der Waals surface area contributed by atoms with Gasteiger partial charge in [-0.1, -0.05) is 26.0 Å². The van der Waals surface area contributed by atoms with Gasteiger partial charge in [-0.3, -0.25) is 4.68 Å². The molecule has 2 rings (SSSR count). The van der Waals surface area contributed by atoms with Crippen LogP contribution in [-0.4, -0.2) is 9.78 Å². The molecule has 0 atom stereocenters. The number of anilines is 1. The largest absolute Gasteiger partial charge is 0.379 e. The summed E-state index contributed by atoms with van der Waals surface area (Å²) >= 11 is 3.64. The van der Waals surface area contributed by atoms with Gasteiger partial charge in [0.1, 0.15) is 0 Å². The summed E-state index contributed by atoms with van der Waals surface area (Å²) in [6, 6.07) is 8.59. The van der Waals surface area contributed by atoms with Gasteiger partial charge in [0, 0.05) is 12.7 Å². The molecule has 0 radical (unpaired) electrons. The number of nitrogens with zero attached hydrogens (tertiary/aromatic N) is 2. The number of hydrogen-bond acceptors (Lipinski definition) is 2. The number of aromatic nitrogens is 2. The van der Waals surface area contributed by atoms with Crippen molar-refractivity contribution in [1.82, 2.24) is 9.78 Å². The maximum absolute atomic E-state index is 4.50. The molecule has 4 heteroatoms. The van der Waals surface area contributed by atoms with Crippen molar-refractivity contribution < 1.29 is 0 Å². The molecule has 0 fully saturated rings. The fraction of sp³-hybridized carbons (Fsp3) is 0.400. The molecule has 0 aliphatic carbocycles. The number of aryl methyl sites for hydroxylation is 3. The standard InChI is InChI=1S/C15H20BrN3/c1-4-11-6-8-12(9-7-11)17-10-14-15(16)13(5-2)18-19(14)3/h6-9,17H,4-5,10H2,1-3H3. The summed E-state index contributed by atoms with van der Waals surface area (Å²) in [5.74, 6) is 0. The molecule has 1 N–H and O–H groups in total. The van der Waals surface area contributed by atoms with Crippen molar-refractivity contribution >= 4 is 21.6 Å². The average molecular weight is 322 g/mol. The highest BCUT2D eigenvalue weighted by Gasteiger charge is 2.11. The van der Waals surface area contributed by atoms with E-state index in [2.05, 4.69) is 64.5 Å². The van der Waals surface area contributed by atoms with Crippen molar-refractivity contribution in [3.05, 3.63) is 45.7 Å². The van der Waals surface area contributed by atoms with Crippen LogP contribution in [0.3, 0.4) is 0 Å². The van der Waals surface area contributed by atoms with Crippen molar-refractivity contribution in [2.45, 2.75) is 33.2 Å². The number of nitrogens with one attached hydrogen (secondary N) is 1. The summed E-state index contributed by atoms with van der Waals surface area (Å²) in [4.78, 5) is 0. The van der Waals surface area contributed by atoms with E-state index in [0.717, 1.165) is 35.2 Å². The Morgan fingerprint density at radius 1 is 1.16 bits per heavy atom. The molecule has 19 heavy (non-hydrogen) atoms. The topological polar surface area (TPSA) is 29.9 Å². The van der Waals surface area contributed by atoms with Crippen molar-refractivity contribution in [1.29, 1.82) is 0 Å². The van der Waals surface area contributed by atoms with E-state index in [4.69, 9.17) is 0 Å². The van der Waals surface area contributed by atoms with Gasteiger partial charge in [0.05, 0.1) is 22.4 Å². The summed E-state index contributed by atoms with van der Waals surface area (Å²) in [5, 5.41) is 7.94. The van der Waals surface area contributed by atoms with Gasteiger partial charge in [-0.15, -0.1) is 0 Å². The zero-order valence-electron chi connectivity index (χ0n) is 11.7. The normalized spacial score (nSPS) is 10.7. The van der Waals surface area contributed by atoms with Gasteiger partial charge in [-0.05, 0) is 46.5 Å². The molecule has 0 aliphatic rings. The Balaban J connectivity index is 2.07. The first-order valence-corrected chi connectivity index (χ1v) is 7.48. The quantitative estimate of drug-likeness (QED) is 0.904. The minimum atomic E-state index is 0.773. The van der Waals surface area contributed by atoms with E-state index >= 15 is 0 Å². The third-order valence-electron chi connectivity index (χ3n) is 3.33. The van der Waals surface area contributed by atoms with Gasteiger partial charge in [-0.2, -0.15) is 5.10 Å². The number of halogens is 1. The van der Waals surface area contributed by atoms with Crippen LogP contribution in [0.1, 0.15) is 30.8 Å². The van der Waals surface area contributed by atoms with Gasteiger partial charge in [0.2, 0.25) is 0 Å². The van der Waals surface area contributed by atoms with Gasteiger partial charge >= 0.3 is 0 Å².